The molecule has 0 saturated carbocycles. The molecule has 0 aliphatic carbocycles. The van der Waals surface area contributed by atoms with Crippen LogP contribution < -0.4 is 19.7 Å². The number of ether oxygens (including phenoxy) is 2. The maximum absolute atomic E-state index is 12.5. The molecule has 1 aliphatic rings. The van der Waals surface area contributed by atoms with Crippen molar-refractivity contribution in [3.63, 3.8) is 0 Å². The Morgan fingerprint density at radius 2 is 1.59 bits per heavy atom. The molecule has 1 heterocycles. The summed E-state index contributed by atoms with van der Waals surface area (Å²) in [6.45, 7) is 0.699. The SMILES string of the molecule is O=C(NNS(=O)(=O)c1ccc(C(F)(F)F)cc1)c1ccc2c(c1)OCCO2. The standard InChI is InChI=1S/C16H13F3N2O5S/c17-16(18,19)11-2-4-12(5-3-11)27(23,24)21-20-15(22)10-1-6-13-14(9-10)26-8-7-25-13/h1-6,9,21H,7-8H2,(H,20,22). The molecule has 0 spiro atoms. The van der Waals surface area contributed by atoms with Gasteiger partial charge in [-0.3, -0.25) is 10.2 Å². The number of halogens is 3. The largest absolute Gasteiger partial charge is 0.486 e. The highest BCUT2D eigenvalue weighted by Gasteiger charge is 2.30. The first kappa shape index (κ1) is 19.0. The van der Waals surface area contributed by atoms with E-state index in [1.165, 1.54) is 18.2 Å². The number of hydrogen-bond acceptors (Lipinski definition) is 5. The fraction of sp³-hybridized carbons (Fsp3) is 0.188. The highest BCUT2D eigenvalue weighted by Crippen LogP contribution is 2.31. The van der Waals surface area contributed by atoms with Crippen LogP contribution in [-0.2, 0) is 16.2 Å². The Morgan fingerprint density at radius 1 is 0.963 bits per heavy atom. The Kier molecular flexibility index (Phi) is 4.98. The van der Waals surface area contributed by atoms with Gasteiger partial charge in [-0.2, -0.15) is 13.2 Å². The van der Waals surface area contributed by atoms with Crippen molar-refractivity contribution in [1.82, 2.24) is 10.3 Å². The maximum atomic E-state index is 12.5. The molecule has 0 aromatic heterocycles. The average Bonchev–Trinajstić information content (AvgIpc) is 2.65. The molecule has 27 heavy (non-hydrogen) atoms. The highest BCUT2D eigenvalue weighted by molar-refractivity contribution is 7.89. The average molecular weight is 402 g/mol. The second kappa shape index (κ2) is 7.08. The first-order chi connectivity index (χ1) is 12.7. The maximum Gasteiger partial charge on any atom is 0.416 e. The molecule has 3 rings (SSSR count). The normalized spacial score (nSPS) is 13.9. The van der Waals surface area contributed by atoms with Crippen molar-refractivity contribution in [1.29, 1.82) is 0 Å². The van der Waals surface area contributed by atoms with E-state index in [9.17, 15) is 26.4 Å². The third-order valence-electron chi connectivity index (χ3n) is 3.60. The fourth-order valence-corrected chi connectivity index (χ4v) is 3.09. The Balaban J connectivity index is 1.69. The monoisotopic (exact) mass is 402 g/mol. The molecule has 0 bridgehead atoms. The van der Waals surface area contributed by atoms with Crippen molar-refractivity contribution in [2.45, 2.75) is 11.1 Å². The third-order valence-corrected chi connectivity index (χ3v) is 4.86. The van der Waals surface area contributed by atoms with Crippen molar-refractivity contribution < 1.29 is 35.9 Å². The number of amides is 1. The molecule has 0 unspecified atom stereocenters. The van der Waals surface area contributed by atoms with E-state index in [4.69, 9.17) is 9.47 Å². The number of alkyl halides is 3. The van der Waals surface area contributed by atoms with E-state index in [0.29, 0.717) is 36.8 Å². The van der Waals surface area contributed by atoms with Crippen molar-refractivity contribution in [3.05, 3.63) is 53.6 Å². The second-order valence-electron chi connectivity index (χ2n) is 5.44. The van der Waals surface area contributed by atoms with Crippen LogP contribution in [0, 0.1) is 0 Å². The number of benzene rings is 2. The van der Waals surface area contributed by atoms with Gasteiger partial charge in [-0.05, 0) is 42.5 Å². The zero-order chi connectivity index (χ0) is 19.7. The lowest BCUT2D eigenvalue weighted by Crippen LogP contribution is -2.41. The van der Waals surface area contributed by atoms with E-state index >= 15 is 0 Å². The predicted molar refractivity (Wildman–Crippen MR) is 86.7 cm³/mol. The van der Waals surface area contributed by atoms with Gasteiger partial charge in [-0.1, -0.05) is 0 Å². The summed E-state index contributed by atoms with van der Waals surface area (Å²) in [4.78, 5) is 13.5. The van der Waals surface area contributed by atoms with Crippen LogP contribution >= 0.6 is 0 Å². The van der Waals surface area contributed by atoms with E-state index in [-0.39, 0.29) is 5.56 Å². The number of rotatable bonds is 4. The van der Waals surface area contributed by atoms with Crippen LogP contribution in [-0.4, -0.2) is 27.5 Å². The van der Waals surface area contributed by atoms with Crippen LogP contribution in [0.2, 0.25) is 0 Å². The van der Waals surface area contributed by atoms with Gasteiger partial charge in [-0.25, -0.2) is 8.42 Å². The van der Waals surface area contributed by atoms with E-state index in [0.717, 1.165) is 12.1 Å². The summed E-state index contributed by atoms with van der Waals surface area (Å²) in [5.41, 5.74) is 1.12. The van der Waals surface area contributed by atoms with Gasteiger partial charge in [0.25, 0.3) is 15.9 Å². The fourth-order valence-electron chi connectivity index (χ4n) is 2.25. The van der Waals surface area contributed by atoms with E-state index in [1.54, 1.807) is 0 Å². The van der Waals surface area contributed by atoms with E-state index < -0.39 is 32.6 Å². The van der Waals surface area contributed by atoms with Gasteiger partial charge in [-0.15, -0.1) is 4.83 Å². The number of fused-ring (bicyclic) bond motifs is 1. The van der Waals surface area contributed by atoms with Gasteiger partial charge in [0, 0.05) is 5.56 Å². The first-order valence-corrected chi connectivity index (χ1v) is 9.04. The Hall–Kier alpha value is -2.79. The Morgan fingerprint density at radius 3 is 2.22 bits per heavy atom. The van der Waals surface area contributed by atoms with Gasteiger partial charge in [0.15, 0.2) is 11.5 Å². The molecule has 0 radical (unpaired) electrons. The molecular weight excluding hydrogens is 389 g/mol. The zero-order valence-corrected chi connectivity index (χ0v) is 14.4. The number of carbonyl (C=O) groups excluding carboxylic acids is 1. The lowest BCUT2D eigenvalue weighted by Gasteiger charge is -2.18. The topological polar surface area (TPSA) is 93.7 Å². The van der Waals surface area contributed by atoms with Gasteiger partial charge >= 0.3 is 6.18 Å². The van der Waals surface area contributed by atoms with Gasteiger partial charge in [0.2, 0.25) is 0 Å². The summed E-state index contributed by atoms with van der Waals surface area (Å²) in [5.74, 6) is 0.0325. The lowest BCUT2D eigenvalue weighted by molar-refractivity contribution is -0.137. The molecule has 2 N–H and O–H groups in total. The number of hydrazine groups is 1. The molecule has 1 amide bonds. The summed E-state index contributed by atoms with van der Waals surface area (Å²) >= 11 is 0. The predicted octanol–water partition coefficient (Wildman–Crippen LogP) is 2.10. The van der Waals surface area contributed by atoms with Crippen molar-refractivity contribution in [2.24, 2.45) is 0 Å². The van der Waals surface area contributed by atoms with Gasteiger partial charge < -0.3 is 9.47 Å². The van der Waals surface area contributed by atoms with Crippen molar-refractivity contribution >= 4 is 15.9 Å². The zero-order valence-electron chi connectivity index (χ0n) is 13.5. The minimum absolute atomic E-state index is 0.106. The molecule has 11 heteroatoms. The summed E-state index contributed by atoms with van der Waals surface area (Å²) in [6, 6.07) is 7.16. The van der Waals surface area contributed by atoms with Gasteiger partial charge in [0.1, 0.15) is 13.2 Å². The van der Waals surface area contributed by atoms with Crippen LogP contribution in [0.25, 0.3) is 0 Å². The molecule has 0 fully saturated rings. The van der Waals surface area contributed by atoms with E-state index in [1.807, 2.05) is 10.3 Å². The molecule has 2 aromatic carbocycles. The van der Waals surface area contributed by atoms with Crippen molar-refractivity contribution in [3.8, 4) is 11.5 Å². The second-order valence-corrected chi connectivity index (χ2v) is 7.12. The molecule has 0 saturated heterocycles. The Bertz CT molecular complexity index is 959. The smallest absolute Gasteiger partial charge is 0.416 e. The number of sulfonamides is 1. The van der Waals surface area contributed by atoms with Gasteiger partial charge in [0.05, 0.1) is 10.5 Å². The molecular formula is C16H13F3N2O5S. The number of nitrogens with one attached hydrogen (secondary N) is 2. The quantitative estimate of drug-likeness (QED) is 0.764. The van der Waals surface area contributed by atoms with Crippen LogP contribution in [0.5, 0.6) is 11.5 Å². The minimum atomic E-state index is -4.58. The van der Waals surface area contributed by atoms with Crippen LogP contribution in [0.3, 0.4) is 0 Å². The third kappa shape index (κ3) is 4.31. The first-order valence-electron chi connectivity index (χ1n) is 7.56. The molecule has 144 valence electrons. The number of hydrogen-bond donors (Lipinski definition) is 2. The molecule has 0 atom stereocenters. The van der Waals surface area contributed by atoms with Crippen LogP contribution in [0.4, 0.5) is 13.2 Å². The molecule has 1 aliphatic heterocycles. The Labute approximate surface area is 152 Å². The minimum Gasteiger partial charge on any atom is -0.486 e. The van der Waals surface area contributed by atoms with Crippen LogP contribution in [0.15, 0.2) is 47.4 Å². The number of carbonyl (C=O) groups is 1. The van der Waals surface area contributed by atoms with Crippen molar-refractivity contribution in [2.75, 3.05) is 13.2 Å². The summed E-state index contributed by atoms with van der Waals surface area (Å²) in [7, 11) is -4.25. The van der Waals surface area contributed by atoms with E-state index in [2.05, 4.69) is 0 Å². The highest BCUT2D eigenvalue weighted by atomic mass is 32.2. The summed E-state index contributed by atoms with van der Waals surface area (Å²) in [5, 5.41) is 0. The lowest BCUT2D eigenvalue weighted by atomic mass is 10.2. The summed E-state index contributed by atoms with van der Waals surface area (Å²) < 4.78 is 72.5. The molecule has 7 nitrogen and oxygen atoms in total. The van der Waals surface area contributed by atoms with Crippen LogP contribution in [0.1, 0.15) is 15.9 Å². The summed E-state index contributed by atoms with van der Waals surface area (Å²) in [6.07, 6.45) is -4.58. The molecule has 2 aromatic rings.